The van der Waals surface area contributed by atoms with Gasteiger partial charge in [-0.25, -0.2) is 9.07 Å². The van der Waals surface area contributed by atoms with Crippen molar-refractivity contribution in [1.29, 1.82) is 0 Å². The van der Waals surface area contributed by atoms with Gasteiger partial charge in [-0.15, -0.1) is 5.10 Å². The van der Waals surface area contributed by atoms with Gasteiger partial charge >= 0.3 is 5.92 Å². The largest absolute Gasteiger partial charge is 0.377 e. The molecule has 156 valence electrons. The molecular formula is C22H16F3N5O. The van der Waals surface area contributed by atoms with Crippen molar-refractivity contribution < 1.29 is 18.3 Å². The topological polar surface area (TPSA) is 76.7 Å². The van der Waals surface area contributed by atoms with Crippen LogP contribution in [0.1, 0.15) is 22.4 Å². The van der Waals surface area contributed by atoms with E-state index in [0.717, 1.165) is 34.0 Å². The van der Waals surface area contributed by atoms with E-state index < -0.39 is 29.6 Å². The molecule has 4 aromatic rings. The SMILES string of the molecule is OC1(C(F)(F)c2ccc(Cc3ccccc3)cn2)Cn2nnnc2-c2cc(F)ccc21. The van der Waals surface area contributed by atoms with E-state index in [0.29, 0.717) is 6.42 Å². The average molecular weight is 423 g/mol. The Morgan fingerprint density at radius 2 is 1.84 bits per heavy atom. The van der Waals surface area contributed by atoms with Crippen LogP contribution in [0.2, 0.25) is 0 Å². The number of hydrogen-bond donors (Lipinski definition) is 1. The number of alkyl halides is 2. The van der Waals surface area contributed by atoms with E-state index in [1.54, 1.807) is 6.07 Å². The summed E-state index contributed by atoms with van der Waals surface area (Å²) in [5, 5.41) is 22.2. The second-order valence-electron chi connectivity index (χ2n) is 7.50. The molecule has 1 atom stereocenters. The van der Waals surface area contributed by atoms with Gasteiger partial charge in [0.2, 0.25) is 0 Å². The van der Waals surface area contributed by atoms with Gasteiger partial charge in [-0.05, 0) is 46.2 Å². The highest BCUT2D eigenvalue weighted by molar-refractivity contribution is 5.64. The lowest BCUT2D eigenvalue weighted by atomic mass is 9.80. The number of tetrazole rings is 1. The average Bonchev–Trinajstić information content (AvgIpc) is 3.23. The van der Waals surface area contributed by atoms with Crippen molar-refractivity contribution in [3.8, 4) is 11.4 Å². The maximum Gasteiger partial charge on any atom is 0.323 e. The minimum Gasteiger partial charge on any atom is -0.377 e. The van der Waals surface area contributed by atoms with Gasteiger partial charge in [0, 0.05) is 17.3 Å². The fraction of sp³-hybridized carbons (Fsp3) is 0.182. The normalized spacial score (nSPS) is 17.8. The maximum absolute atomic E-state index is 15.7. The Balaban J connectivity index is 1.53. The molecule has 0 spiro atoms. The molecule has 9 heteroatoms. The third-order valence-electron chi connectivity index (χ3n) is 5.50. The third-order valence-corrected chi connectivity index (χ3v) is 5.50. The number of benzene rings is 2. The molecule has 0 aliphatic carbocycles. The van der Waals surface area contributed by atoms with Crippen LogP contribution in [0.3, 0.4) is 0 Å². The predicted octanol–water partition coefficient (Wildman–Crippen LogP) is 3.46. The summed E-state index contributed by atoms with van der Waals surface area (Å²) in [5.41, 5.74) is -1.68. The Bertz CT molecular complexity index is 1240. The summed E-state index contributed by atoms with van der Waals surface area (Å²) in [7, 11) is 0. The van der Waals surface area contributed by atoms with Crippen LogP contribution >= 0.6 is 0 Å². The molecule has 0 saturated heterocycles. The van der Waals surface area contributed by atoms with E-state index in [9.17, 15) is 9.50 Å². The standard InChI is InChI=1S/C22H16F3N5O/c23-16-7-8-18-17(11-16)20-27-28-29-30(20)13-21(18,31)22(24,25)19-9-6-15(12-26-19)10-14-4-2-1-3-5-14/h1-9,11-12,31H,10,13H2. The molecular weight excluding hydrogens is 407 g/mol. The van der Waals surface area contributed by atoms with Gasteiger partial charge in [-0.1, -0.05) is 42.5 Å². The summed E-state index contributed by atoms with van der Waals surface area (Å²) in [6.07, 6.45) is 1.91. The van der Waals surface area contributed by atoms with Gasteiger partial charge in [0.1, 0.15) is 11.5 Å². The Morgan fingerprint density at radius 3 is 2.58 bits per heavy atom. The highest BCUT2D eigenvalue weighted by Crippen LogP contribution is 2.50. The monoisotopic (exact) mass is 423 g/mol. The van der Waals surface area contributed by atoms with Gasteiger partial charge in [-0.2, -0.15) is 8.78 Å². The molecule has 2 aromatic carbocycles. The minimum atomic E-state index is -3.80. The van der Waals surface area contributed by atoms with Crippen LogP contribution in [0.5, 0.6) is 0 Å². The number of aromatic nitrogens is 5. The number of fused-ring (bicyclic) bond motifs is 3. The molecule has 2 aromatic heterocycles. The molecule has 31 heavy (non-hydrogen) atoms. The number of nitrogens with zero attached hydrogens (tertiary/aromatic N) is 5. The van der Waals surface area contributed by atoms with Crippen LogP contribution in [0.4, 0.5) is 13.2 Å². The second-order valence-corrected chi connectivity index (χ2v) is 7.50. The van der Waals surface area contributed by atoms with Gasteiger partial charge in [0.15, 0.2) is 11.4 Å². The number of pyridine rings is 1. The highest BCUT2D eigenvalue weighted by atomic mass is 19.3. The highest BCUT2D eigenvalue weighted by Gasteiger charge is 2.59. The summed E-state index contributed by atoms with van der Waals surface area (Å²) < 4.78 is 46.2. The predicted molar refractivity (Wildman–Crippen MR) is 104 cm³/mol. The number of aliphatic hydroxyl groups is 1. The van der Waals surface area contributed by atoms with Crippen LogP contribution in [-0.4, -0.2) is 30.3 Å². The summed E-state index contributed by atoms with van der Waals surface area (Å²) in [5.74, 6) is -4.33. The summed E-state index contributed by atoms with van der Waals surface area (Å²) in [6.45, 7) is -0.603. The molecule has 1 unspecified atom stereocenters. The molecule has 5 rings (SSSR count). The zero-order chi connectivity index (χ0) is 21.6. The van der Waals surface area contributed by atoms with Gasteiger partial charge in [0.05, 0.1) is 6.54 Å². The van der Waals surface area contributed by atoms with Crippen LogP contribution in [-0.2, 0) is 24.5 Å². The first-order chi connectivity index (χ1) is 14.9. The van der Waals surface area contributed by atoms with Crippen molar-refractivity contribution >= 4 is 0 Å². The number of halogens is 3. The van der Waals surface area contributed by atoms with Gasteiger partial charge in [-0.3, -0.25) is 4.98 Å². The van der Waals surface area contributed by atoms with E-state index in [2.05, 4.69) is 20.5 Å². The lowest BCUT2D eigenvalue weighted by Gasteiger charge is -2.39. The number of rotatable bonds is 4. The van der Waals surface area contributed by atoms with Crippen LogP contribution in [0, 0.1) is 5.82 Å². The smallest absolute Gasteiger partial charge is 0.323 e. The molecule has 1 N–H and O–H groups in total. The van der Waals surface area contributed by atoms with Gasteiger partial charge in [0.25, 0.3) is 0 Å². The van der Waals surface area contributed by atoms with Crippen LogP contribution in [0.25, 0.3) is 11.4 Å². The summed E-state index contributed by atoms with van der Waals surface area (Å²) in [4.78, 5) is 3.96. The van der Waals surface area contributed by atoms with Crippen molar-refractivity contribution in [1.82, 2.24) is 25.2 Å². The van der Waals surface area contributed by atoms with Crippen molar-refractivity contribution in [2.24, 2.45) is 0 Å². The fourth-order valence-corrected chi connectivity index (χ4v) is 3.89. The summed E-state index contributed by atoms with van der Waals surface area (Å²) >= 11 is 0. The maximum atomic E-state index is 15.7. The molecule has 0 radical (unpaired) electrons. The Hall–Kier alpha value is -3.59. The molecule has 1 aliphatic rings. The molecule has 1 aliphatic heterocycles. The first-order valence-corrected chi connectivity index (χ1v) is 9.54. The first-order valence-electron chi connectivity index (χ1n) is 9.54. The minimum absolute atomic E-state index is 0.0131. The van der Waals surface area contributed by atoms with Crippen molar-refractivity contribution in [3.05, 3.63) is 95.1 Å². The zero-order valence-electron chi connectivity index (χ0n) is 16.1. The van der Waals surface area contributed by atoms with E-state index >= 15 is 8.78 Å². The zero-order valence-corrected chi connectivity index (χ0v) is 16.1. The van der Waals surface area contributed by atoms with E-state index in [4.69, 9.17) is 0 Å². The molecule has 3 heterocycles. The Kier molecular flexibility index (Phi) is 4.37. The molecule has 0 saturated carbocycles. The Labute approximate surface area is 175 Å². The third kappa shape index (κ3) is 3.09. The summed E-state index contributed by atoms with van der Waals surface area (Å²) in [6, 6.07) is 15.5. The van der Waals surface area contributed by atoms with Gasteiger partial charge < -0.3 is 5.11 Å². The van der Waals surface area contributed by atoms with E-state index in [-0.39, 0.29) is 17.0 Å². The van der Waals surface area contributed by atoms with Crippen molar-refractivity contribution in [3.63, 3.8) is 0 Å². The Morgan fingerprint density at radius 1 is 1.03 bits per heavy atom. The second kappa shape index (κ2) is 6.98. The molecule has 0 bridgehead atoms. The van der Waals surface area contributed by atoms with Crippen molar-refractivity contribution in [2.75, 3.05) is 0 Å². The van der Waals surface area contributed by atoms with Crippen molar-refractivity contribution in [2.45, 2.75) is 24.5 Å². The molecule has 6 nitrogen and oxygen atoms in total. The quantitative estimate of drug-likeness (QED) is 0.544. The van der Waals surface area contributed by atoms with Crippen LogP contribution in [0.15, 0.2) is 66.9 Å². The lowest BCUT2D eigenvalue weighted by Crippen LogP contribution is -2.49. The lowest BCUT2D eigenvalue weighted by molar-refractivity contribution is -0.207. The first kappa shape index (κ1) is 19.4. The molecule has 0 amide bonds. The van der Waals surface area contributed by atoms with E-state index in [1.807, 2.05) is 30.3 Å². The van der Waals surface area contributed by atoms with E-state index in [1.165, 1.54) is 12.3 Å². The molecule has 0 fully saturated rings. The fourth-order valence-electron chi connectivity index (χ4n) is 3.89. The van der Waals surface area contributed by atoms with Crippen LogP contribution < -0.4 is 0 Å². The number of hydrogen-bond acceptors (Lipinski definition) is 5.